The van der Waals surface area contributed by atoms with E-state index in [1.807, 2.05) is 0 Å². The largest absolute Gasteiger partial charge is 0.374 e. The van der Waals surface area contributed by atoms with Crippen molar-refractivity contribution in [3.8, 4) is 0 Å². The number of ether oxygens (including phenoxy) is 1. The molecule has 1 aliphatic heterocycles. The van der Waals surface area contributed by atoms with Crippen molar-refractivity contribution in [3.63, 3.8) is 0 Å². The first-order valence-corrected chi connectivity index (χ1v) is 8.42. The number of nitrogens with one attached hydrogen (secondary N) is 2. The van der Waals surface area contributed by atoms with Gasteiger partial charge in [-0.25, -0.2) is 0 Å². The van der Waals surface area contributed by atoms with Crippen molar-refractivity contribution in [2.75, 3.05) is 46.4 Å². The topological polar surface area (TPSA) is 79.6 Å². The van der Waals surface area contributed by atoms with Gasteiger partial charge in [-0.15, -0.1) is 10.2 Å². The number of morpholine rings is 1. The van der Waals surface area contributed by atoms with Crippen LogP contribution in [0, 0.1) is 0 Å². The Morgan fingerprint density at radius 1 is 1.43 bits per heavy atom. The van der Waals surface area contributed by atoms with Gasteiger partial charge in [0.15, 0.2) is 5.96 Å². The van der Waals surface area contributed by atoms with Gasteiger partial charge in [-0.1, -0.05) is 6.92 Å². The Bertz CT molecular complexity index is 488. The molecule has 1 aromatic rings. The summed E-state index contributed by atoms with van der Waals surface area (Å²) in [6, 6.07) is 0. The zero-order valence-corrected chi connectivity index (χ0v) is 14.5. The summed E-state index contributed by atoms with van der Waals surface area (Å²) in [5.74, 6) is 1.84. The van der Waals surface area contributed by atoms with Gasteiger partial charge in [-0.3, -0.25) is 4.99 Å². The summed E-state index contributed by atoms with van der Waals surface area (Å²) < 4.78 is 7.81. The fourth-order valence-electron chi connectivity index (χ4n) is 2.55. The maximum atomic E-state index is 5.75. The number of aliphatic imine (C=N–C) groups is 1. The van der Waals surface area contributed by atoms with Crippen molar-refractivity contribution in [1.29, 1.82) is 0 Å². The maximum Gasteiger partial charge on any atom is 0.191 e. The lowest BCUT2D eigenvalue weighted by molar-refractivity contribution is -0.0136. The molecule has 0 amide bonds. The van der Waals surface area contributed by atoms with Crippen LogP contribution in [0.25, 0.3) is 0 Å². The Hall–Kier alpha value is -1.67. The van der Waals surface area contributed by atoms with Crippen LogP contribution in [0.15, 0.2) is 11.3 Å². The van der Waals surface area contributed by atoms with Crippen LogP contribution in [0.1, 0.15) is 19.7 Å². The summed E-state index contributed by atoms with van der Waals surface area (Å²) in [5.41, 5.74) is 0. The number of hydrogen-bond donors (Lipinski definition) is 2. The lowest BCUT2D eigenvalue weighted by atomic mass is 10.3. The lowest BCUT2D eigenvalue weighted by Crippen LogP contribution is -2.43. The first-order valence-electron chi connectivity index (χ1n) is 8.42. The number of rotatable bonds is 7. The van der Waals surface area contributed by atoms with E-state index < -0.39 is 0 Å². The second-order valence-corrected chi connectivity index (χ2v) is 5.70. The van der Waals surface area contributed by atoms with Gasteiger partial charge in [0, 0.05) is 39.1 Å². The zero-order valence-electron chi connectivity index (χ0n) is 14.5. The van der Waals surface area contributed by atoms with Gasteiger partial charge in [0.25, 0.3) is 0 Å². The van der Waals surface area contributed by atoms with E-state index in [0.29, 0.717) is 6.54 Å². The highest BCUT2D eigenvalue weighted by molar-refractivity contribution is 5.79. The third kappa shape index (κ3) is 5.80. The van der Waals surface area contributed by atoms with Crippen LogP contribution in [-0.4, -0.2) is 78.1 Å². The molecule has 0 aromatic carbocycles. The molecule has 1 atom stereocenters. The Labute approximate surface area is 138 Å². The molecule has 8 nitrogen and oxygen atoms in total. The van der Waals surface area contributed by atoms with Gasteiger partial charge >= 0.3 is 0 Å². The van der Waals surface area contributed by atoms with Gasteiger partial charge < -0.3 is 24.8 Å². The predicted molar refractivity (Wildman–Crippen MR) is 90.6 cm³/mol. The van der Waals surface area contributed by atoms with Crippen LogP contribution in [0.2, 0.25) is 0 Å². The summed E-state index contributed by atoms with van der Waals surface area (Å²) in [6.07, 6.45) is 2.84. The number of nitrogens with zero attached hydrogens (tertiary/aromatic N) is 5. The van der Waals surface area contributed by atoms with Crippen molar-refractivity contribution in [2.45, 2.75) is 32.9 Å². The number of likely N-dealkylation sites (N-methyl/N-ethyl adjacent to an activating group) is 1. The van der Waals surface area contributed by atoms with E-state index in [2.05, 4.69) is 56.2 Å². The first kappa shape index (κ1) is 17.7. The van der Waals surface area contributed by atoms with Crippen molar-refractivity contribution < 1.29 is 4.74 Å². The SMILES string of the molecule is CCNC(=NCC1CN(C)CCO1)NCCn1cnnc1CC. The van der Waals surface area contributed by atoms with E-state index in [-0.39, 0.29) is 6.10 Å². The van der Waals surface area contributed by atoms with Gasteiger partial charge in [0.05, 0.1) is 19.3 Å². The predicted octanol–water partition coefficient (Wildman–Crippen LogP) is -0.274. The molecular weight excluding hydrogens is 294 g/mol. The molecular formula is C15H29N7O. The van der Waals surface area contributed by atoms with Gasteiger partial charge in [-0.05, 0) is 14.0 Å². The number of aromatic nitrogens is 3. The molecule has 1 unspecified atom stereocenters. The fraction of sp³-hybridized carbons (Fsp3) is 0.800. The minimum absolute atomic E-state index is 0.175. The molecule has 0 bridgehead atoms. The molecule has 2 N–H and O–H groups in total. The quantitative estimate of drug-likeness (QED) is 0.531. The van der Waals surface area contributed by atoms with Crippen LogP contribution >= 0.6 is 0 Å². The Morgan fingerprint density at radius 2 is 2.30 bits per heavy atom. The van der Waals surface area contributed by atoms with Crippen LogP contribution in [0.5, 0.6) is 0 Å². The summed E-state index contributed by atoms with van der Waals surface area (Å²) in [5, 5.41) is 14.7. The van der Waals surface area contributed by atoms with E-state index in [0.717, 1.165) is 57.5 Å². The summed E-state index contributed by atoms with van der Waals surface area (Å²) in [6.45, 7) is 9.98. The van der Waals surface area contributed by atoms with Crippen molar-refractivity contribution >= 4 is 5.96 Å². The number of guanidine groups is 1. The van der Waals surface area contributed by atoms with Gasteiger partial charge in [-0.2, -0.15) is 0 Å². The van der Waals surface area contributed by atoms with Crippen LogP contribution in [0.4, 0.5) is 0 Å². The van der Waals surface area contributed by atoms with E-state index in [9.17, 15) is 0 Å². The average molecular weight is 323 g/mol. The normalized spacial score (nSPS) is 19.8. The van der Waals surface area contributed by atoms with Crippen LogP contribution in [-0.2, 0) is 17.7 Å². The highest BCUT2D eigenvalue weighted by atomic mass is 16.5. The van der Waals surface area contributed by atoms with E-state index in [4.69, 9.17) is 4.74 Å². The Morgan fingerprint density at radius 3 is 3.04 bits per heavy atom. The van der Waals surface area contributed by atoms with Crippen LogP contribution < -0.4 is 10.6 Å². The maximum absolute atomic E-state index is 5.75. The zero-order chi connectivity index (χ0) is 16.5. The average Bonchev–Trinajstić information content (AvgIpc) is 3.00. The molecule has 1 fully saturated rings. The smallest absolute Gasteiger partial charge is 0.191 e. The standard InChI is InChI=1S/C15H29N7O/c1-4-14-20-19-12-22(14)7-6-17-15(16-5-2)18-10-13-11-21(3)8-9-23-13/h12-13H,4-11H2,1-3H3,(H2,16,17,18). The molecule has 1 aliphatic rings. The van der Waals surface area contributed by atoms with Crippen LogP contribution in [0.3, 0.4) is 0 Å². The summed E-state index contributed by atoms with van der Waals surface area (Å²) in [7, 11) is 2.12. The highest BCUT2D eigenvalue weighted by Gasteiger charge is 2.17. The molecule has 23 heavy (non-hydrogen) atoms. The summed E-state index contributed by atoms with van der Waals surface area (Å²) in [4.78, 5) is 6.92. The molecule has 1 saturated heterocycles. The monoisotopic (exact) mass is 323 g/mol. The lowest BCUT2D eigenvalue weighted by Gasteiger charge is -2.29. The molecule has 130 valence electrons. The molecule has 0 aliphatic carbocycles. The number of aryl methyl sites for hydroxylation is 1. The molecule has 2 rings (SSSR count). The second kappa shape index (κ2) is 9.46. The molecule has 1 aromatic heterocycles. The Kier molecular flexibility index (Phi) is 7.28. The molecule has 0 radical (unpaired) electrons. The van der Waals surface area contributed by atoms with E-state index >= 15 is 0 Å². The van der Waals surface area contributed by atoms with Crippen molar-refractivity contribution in [2.24, 2.45) is 4.99 Å². The molecule has 2 heterocycles. The van der Waals surface area contributed by atoms with Crippen molar-refractivity contribution in [1.82, 2.24) is 30.3 Å². The Balaban J connectivity index is 1.79. The van der Waals surface area contributed by atoms with Gasteiger partial charge in [0.2, 0.25) is 0 Å². The molecule has 8 heteroatoms. The fourth-order valence-corrected chi connectivity index (χ4v) is 2.55. The third-order valence-electron chi connectivity index (χ3n) is 3.80. The highest BCUT2D eigenvalue weighted by Crippen LogP contribution is 2.03. The third-order valence-corrected chi connectivity index (χ3v) is 3.80. The molecule has 0 spiro atoms. The minimum atomic E-state index is 0.175. The molecule has 0 saturated carbocycles. The number of hydrogen-bond acceptors (Lipinski definition) is 5. The second-order valence-electron chi connectivity index (χ2n) is 5.70. The van der Waals surface area contributed by atoms with E-state index in [1.54, 1.807) is 6.33 Å². The van der Waals surface area contributed by atoms with E-state index in [1.165, 1.54) is 0 Å². The minimum Gasteiger partial charge on any atom is -0.374 e. The first-order chi connectivity index (χ1) is 11.2. The van der Waals surface area contributed by atoms with Crippen molar-refractivity contribution in [3.05, 3.63) is 12.2 Å². The summed E-state index contributed by atoms with van der Waals surface area (Å²) >= 11 is 0. The van der Waals surface area contributed by atoms with Gasteiger partial charge in [0.1, 0.15) is 12.2 Å².